The third-order valence-corrected chi connectivity index (χ3v) is 3.80. The van der Waals surface area contributed by atoms with Crippen LogP contribution in [0.3, 0.4) is 0 Å². The largest absolute Gasteiger partial charge is 0.465 e. The summed E-state index contributed by atoms with van der Waals surface area (Å²) in [7, 11) is 1.34. The molecular formula is C12H9BrINO3. The van der Waals surface area contributed by atoms with E-state index in [-0.39, 0.29) is 0 Å². The summed E-state index contributed by atoms with van der Waals surface area (Å²) in [5.74, 6) is -0.00266. The monoisotopic (exact) mass is 421 g/mol. The van der Waals surface area contributed by atoms with E-state index in [0.29, 0.717) is 17.0 Å². The van der Waals surface area contributed by atoms with Crippen molar-refractivity contribution in [3.05, 3.63) is 37.6 Å². The molecule has 18 heavy (non-hydrogen) atoms. The van der Waals surface area contributed by atoms with Gasteiger partial charge in [-0.15, -0.1) is 0 Å². The molecule has 1 aromatic heterocycles. The van der Waals surface area contributed by atoms with Crippen LogP contribution in [0.4, 0.5) is 0 Å². The van der Waals surface area contributed by atoms with Crippen molar-refractivity contribution in [1.82, 2.24) is 5.16 Å². The van der Waals surface area contributed by atoms with E-state index in [9.17, 15) is 4.79 Å². The van der Waals surface area contributed by atoms with Crippen LogP contribution in [0.5, 0.6) is 0 Å². The van der Waals surface area contributed by atoms with Crippen LogP contribution in [0.15, 0.2) is 27.2 Å². The predicted molar refractivity (Wildman–Crippen MR) is 78.4 cm³/mol. The lowest BCUT2D eigenvalue weighted by molar-refractivity contribution is 0.0599. The highest BCUT2D eigenvalue weighted by Gasteiger charge is 2.23. The summed E-state index contributed by atoms with van der Waals surface area (Å²) in [6, 6.07) is 5.79. The standard InChI is InChI=1S/C12H9BrINO3/c1-6-10(12(16)17-2)11(15-18-6)8-5-7(14)3-4-9(8)13/h3-5H,1-2H3. The Kier molecular flexibility index (Phi) is 4.06. The molecular weight excluding hydrogens is 413 g/mol. The van der Waals surface area contributed by atoms with Crippen molar-refractivity contribution in [3.63, 3.8) is 0 Å². The van der Waals surface area contributed by atoms with Crippen molar-refractivity contribution < 1.29 is 14.1 Å². The van der Waals surface area contributed by atoms with E-state index in [4.69, 9.17) is 9.26 Å². The number of aryl methyl sites for hydroxylation is 1. The summed E-state index contributed by atoms with van der Waals surface area (Å²) in [6.45, 7) is 1.69. The second kappa shape index (κ2) is 5.40. The van der Waals surface area contributed by atoms with Gasteiger partial charge in [-0.05, 0) is 47.7 Å². The van der Waals surface area contributed by atoms with Crippen molar-refractivity contribution in [2.75, 3.05) is 7.11 Å². The Hall–Kier alpha value is -0.890. The van der Waals surface area contributed by atoms with Crippen LogP contribution in [-0.4, -0.2) is 18.2 Å². The first kappa shape index (κ1) is 13.5. The number of hydrogen-bond acceptors (Lipinski definition) is 4. The topological polar surface area (TPSA) is 52.3 Å². The van der Waals surface area contributed by atoms with Gasteiger partial charge < -0.3 is 9.26 Å². The molecule has 0 N–H and O–H groups in total. The molecule has 0 radical (unpaired) electrons. The van der Waals surface area contributed by atoms with Crippen LogP contribution < -0.4 is 0 Å². The number of benzene rings is 1. The fraction of sp³-hybridized carbons (Fsp3) is 0.167. The molecule has 0 saturated heterocycles. The van der Waals surface area contributed by atoms with E-state index in [1.54, 1.807) is 6.92 Å². The van der Waals surface area contributed by atoms with Gasteiger partial charge in [-0.3, -0.25) is 0 Å². The van der Waals surface area contributed by atoms with E-state index < -0.39 is 5.97 Å². The molecule has 0 aliphatic rings. The Morgan fingerprint density at radius 3 is 2.89 bits per heavy atom. The normalized spacial score (nSPS) is 10.4. The number of carbonyl (C=O) groups is 1. The van der Waals surface area contributed by atoms with Crippen molar-refractivity contribution in [2.24, 2.45) is 0 Å². The molecule has 0 amide bonds. The third kappa shape index (κ3) is 2.44. The molecule has 94 valence electrons. The van der Waals surface area contributed by atoms with Gasteiger partial charge in [0.2, 0.25) is 0 Å². The number of carbonyl (C=O) groups excluding carboxylic acids is 1. The highest BCUT2D eigenvalue weighted by molar-refractivity contribution is 14.1. The predicted octanol–water partition coefficient (Wildman–Crippen LogP) is 3.80. The maximum absolute atomic E-state index is 11.7. The van der Waals surface area contributed by atoms with Crippen molar-refractivity contribution in [3.8, 4) is 11.3 Å². The number of nitrogens with zero attached hydrogens (tertiary/aromatic N) is 1. The number of hydrogen-bond donors (Lipinski definition) is 0. The molecule has 0 bridgehead atoms. The molecule has 1 heterocycles. The van der Waals surface area contributed by atoms with Gasteiger partial charge in [0.1, 0.15) is 17.0 Å². The smallest absolute Gasteiger partial charge is 0.343 e. The van der Waals surface area contributed by atoms with Gasteiger partial charge in [-0.2, -0.15) is 0 Å². The minimum Gasteiger partial charge on any atom is -0.465 e. The van der Waals surface area contributed by atoms with Gasteiger partial charge in [0.25, 0.3) is 0 Å². The van der Waals surface area contributed by atoms with Crippen molar-refractivity contribution in [2.45, 2.75) is 6.92 Å². The molecule has 0 unspecified atom stereocenters. The summed E-state index contributed by atoms with van der Waals surface area (Å²) in [4.78, 5) is 11.7. The number of esters is 1. The average Bonchev–Trinajstić information content (AvgIpc) is 2.73. The van der Waals surface area contributed by atoms with E-state index in [0.717, 1.165) is 13.6 Å². The van der Waals surface area contributed by atoms with Gasteiger partial charge in [-0.1, -0.05) is 21.1 Å². The Morgan fingerprint density at radius 1 is 1.50 bits per heavy atom. The molecule has 0 fully saturated rings. The van der Waals surface area contributed by atoms with Crippen LogP contribution in [-0.2, 0) is 4.74 Å². The Balaban J connectivity index is 2.64. The minimum absolute atomic E-state index is 0.361. The van der Waals surface area contributed by atoms with Crippen LogP contribution in [0.1, 0.15) is 16.1 Å². The molecule has 1 aromatic carbocycles. The lowest BCUT2D eigenvalue weighted by Gasteiger charge is -2.04. The molecule has 2 aromatic rings. The van der Waals surface area contributed by atoms with Gasteiger partial charge in [-0.25, -0.2) is 4.79 Å². The summed E-state index contributed by atoms with van der Waals surface area (Å²) in [5.41, 5.74) is 1.66. The second-order valence-electron chi connectivity index (χ2n) is 3.58. The quantitative estimate of drug-likeness (QED) is 0.546. The first-order chi connectivity index (χ1) is 8.54. The highest BCUT2D eigenvalue weighted by atomic mass is 127. The summed E-state index contributed by atoms with van der Waals surface area (Å²) >= 11 is 5.64. The molecule has 0 aliphatic carbocycles. The van der Waals surface area contributed by atoms with Crippen LogP contribution in [0.25, 0.3) is 11.3 Å². The van der Waals surface area contributed by atoms with Gasteiger partial charge in [0.15, 0.2) is 0 Å². The number of aromatic nitrogens is 1. The first-order valence-electron chi connectivity index (χ1n) is 5.04. The zero-order chi connectivity index (χ0) is 13.3. The molecule has 0 aliphatic heterocycles. The molecule has 0 saturated carbocycles. The van der Waals surface area contributed by atoms with Crippen molar-refractivity contribution in [1.29, 1.82) is 0 Å². The van der Waals surface area contributed by atoms with E-state index >= 15 is 0 Å². The Labute approximate surface area is 126 Å². The van der Waals surface area contributed by atoms with E-state index in [2.05, 4.69) is 43.7 Å². The number of rotatable bonds is 2. The second-order valence-corrected chi connectivity index (χ2v) is 5.68. The number of methoxy groups -OCH3 is 1. The Bertz CT molecular complexity index is 609. The maximum atomic E-state index is 11.7. The van der Waals surface area contributed by atoms with Crippen molar-refractivity contribution >= 4 is 44.5 Å². The minimum atomic E-state index is -0.450. The van der Waals surface area contributed by atoms with Crippen LogP contribution in [0.2, 0.25) is 0 Å². The molecule has 2 rings (SSSR count). The molecule has 4 nitrogen and oxygen atoms in total. The highest BCUT2D eigenvalue weighted by Crippen LogP contribution is 2.32. The van der Waals surface area contributed by atoms with E-state index in [1.165, 1.54) is 7.11 Å². The zero-order valence-corrected chi connectivity index (χ0v) is 13.4. The lowest BCUT2D eigenvalue weighted by atomic mass is 10.1. The maximum Gasteiger partial charge on any atom is 0.343 e. The Morgan fingerprint density at radius 2 is 2.22 bits per heavy atom. The molecule has 6 heteroatoms. The van der Waals surface area contributed by atoms with Gasteiger partial charge in [0.05, 0.1) is 7.11 Å². The summed E-state index contributed by atoms with van der Waals surface area (Å²) in [6.07, 6.45) is 0. The average molecular weight is 422 g/mol. The van der Waals surface area contributed by atoms with Gasteiger partial charge in [0, 0.05) is 13.6 Å². The van der Waals surface area contributed by atoms with Crippen LogP contribution in [0, 0.1) is 10.5 Å². The fourth-order valence-electron chi connectivity index (χ4n) is 1.58. The first-order valence-corrected chi connectivity index (χ1v) is 6.91. The van der Waals surface area contributed by atoms with E-state index in [1.807, 2.05) is 18.2 Å². The van der Waals surface area contributed by atoms with Crippen LogP contribution >= 0.6 is 38.5 Å². The molecule has 0 atom stereocenters. The van der Waals surface area contributed by atoms with Gasteiger partial charge >= 0.3 is 5.97 Å². The third-order valence-electron chi connectivity index (χ3n) is 2.44. The molecule has 0 spiro atoms. The lowest BCUT2D eigenvalue weighted by Crippen LogP contribution is -2.03. The SMILES string of the molecule is COC(=O)c1c(-c2cc(I)ccc2Br)noc1C. The summed E-state index contributed by atoms with van der Waals surface area (Å²) in [5, 5.41) is 3.95. The number of ether oxygens (including phenoxy) is 1. The zero-order valence-electron chi connectivity index (χ0n) is 9.66. The fourth-order valence-corrected chi connectivity index (χ4v) is 2.50. The summed E-state index contributed by atoms with van der Waals surface area (Å²) < 4.78 is 11.7. The number of halogens is 2.